The van der Waals surface area contributed by atoms with E-state index in [1.54, 1.807) is 0 Å². The van der Waals surface area contributed by atoms with E-state index in [1.807, 2.05) is 24.0 Å². The second kappa shape index (κ2) is 10.3. The molecule has 1 unspecified atom stereocenters. The van der Waals surface area contributed by atoms with E-state index in [0.29, 0.717) is 39.1 Å². The maximum absolute atomic E-state index is 13.1. The summed E-state index contributed by atoms with van der Waals surface area (Å²) in [6.07, 6.45) is 3.24. The molecule has 3 aliphatic heterocycles. The van der Waals surface area contributed by atoms with Gasteiger partial charge in [0.25, 0.3) is 0 Å². The van der Waals surface area contributed by atoms with Crippen molar-refractivity contribution in [2.45, 2.75) is 32.6 Å². The number of ether oxygens (including phenoxy) is 2. The van der Waals surface area contributed by atoms with Gasteiger partial charge in [-0.2, -0.15) is 0 Å². The van der Waals surface area contributed by atoms with Gasteiger partial charge in [-0.1, -0.05) is 0 Å². The summed E-state index contributed by atoms with van der Waals surface area (Å²) < 4.78 is 10.5. The number of anilines is 2. The molecule has 0 aliphatic carbocycles. The normalized spacial score (nSPS) is 23.0. The highest BCUT2D eigenvalue weighted by Crippen LogP contribution is 2.26. The van der Waals surface area contributed by atoms with Gasteiger partial charge in [0, 0.05) is 39.3 Å². The van der Waals surface area contributed by atoms with E-state index in [1.165, 1.54) is 0 Å². The van der Waals surface area contributed by atoms with E-state index in [4.69, 9.17) is 9.47 Å². The molecule has 9 heteroatoms. The number of piperidine rings is 2. The van der Waals surface area contributed by atoms with E-state index in [-0.39, 0.29) is 23.7 Å². The van der Waals surface area contributed by atoms with E-state index < -0.39 is 0 Å². The van der Waals surface area contributed by atoms with E-state index in [9.17, 15) is 9.59 Å². The molecule has 0 aromatic carbocycles. The Hall–Kier alpha value is -2.42. The molecule has 0 N–H and O–H groups in total. The summed E-state index contributed by atoms with van der Waals surface area (Å²) in [5, 5.41) is 8.86. The van der Waals surface area contributed by atoms with Gasteiger partial charge in [0.1, 0.15) is 0 Å². The number of nitrogens with zero attached hydrogens (tertiary/aromatic N) is 5. The fourth-order valence-electron chi connectivity index (χ4n) is 4.69. The smallest absolute Gasteiger partial charge is 0.309 e. The summed E-state index contributed by atoms with van der Waals surface area (Å²) >= 11 is 0. The van der Waals surface area contributed by atoms with Gasteiger partial charge in [0.05, 0.1) is 31.7 Å². The fraction of sp³-hybridized carbons (Fsp3) is 0.727. The minimum absolute atomic E-state index is 0.0337. The molecule has 4 rings (SSSR count). The Morgan fingerprint density at radius 2 is 1.65 bits per heavy atom. The summed E-state index contributed by atoms with van der Waals surface area (Å²) in [6, 6.07) is 4.02. The third kappa shape index (κ3) is 5.26. The third-order valence-corrected chi connectivity index (χ3v) is 6.49. The topological polar surface area (TPSA) is 88.1 Å². The molecule has 1 atom stereocenters. The predicted octanol–water partition coefficient (Wildman–Crippen LogP) is 1.33. The molecule has 3 saturated heterocycles. The number of esters is 1. The zero-order chi connectivity index (χ0) is 21.6. The lowest BCUT2D eigenvalue weighted by molar-refractivity contribution is -0.151. The number of amides is 1. The van der Waals surface area contributed by atoms with Gasteiger partial charge in [-0.3, -0.25) is 9.59 Å². The molecule has 3 aliphatic rings. The quantitative estimate of drug-likeness (QED) is 0.646. The molecule has 3 fully saturated rings. The highest BCUT2D eigenvalue weighted by Gasteiger charge is 2.33. The summed E-state index contributed by atoms with van der Waals surface area (Å²) in [7, 11) is 0. The number of likely N-dealkylation sites (tertiary alicyclic amines) is 1. The average molecular weight is 432 g/mol. The first kappa shape index (κ1) is 21.8. The van der Waals surface area contributed by atoms with Gasteiger partial charge in [0.15, 0.2) is 11.6 Å². The molecular weight excluding hydrogens is 398 g/mol. The fourth-order valence-corrected chi connectivity index (χ4v) is 4.69. The van der Waals surface area contributed by atoms with Crippen LogP contribution in [0.3, 0.4) is 0 Å². The maximum atomic E-state index is 13.1. The Balaban J connectivity index is 1.31. The monoisotopic (exact) mass is 431 g/mol. The molecule has 1 amide bonds. The Morgan fingerprint density at radius 1 is 0.968 bits per heavy atom. The largest absolute Gasteiger partial charge is 0.466 e. The van der Waals surface area contributed by atoms with Crippen molar-refractivity contribution in [2.24, 2.45) is 11.8 Å². The Labute approximate surface area is 183 Å². The van der Waals surface area contributed by atoms with Crippen molar-refractivity contribution in [2.75, 3.05) is 68.9 Å². The van der Waals surface area contributed by atoms with Crippen LogP contribution in [-0.4, -0.2) is 86.1 Å². The number of carbonyl (C=O) groups is 2. The first-order valence-corrected chi connectivity index (χ1v) is 11.5. The molecule has 1 aromatic heterocycles. The van der Waals surface area contributed by atoms with Gasteiger partial charge >= 0.3 is 5.97 Å². The van der Waals surface area contributed by atoms with Gasteiger partial charge in [-0.05, 0) is 44.7 Å². The van der Waals surface area contributed by atoms with Gasteiger partial charge < -0.3 is 24.2 Å². The van der Waals surface area contributed by atoms with Crippen molar-refractivity contribution in [3.8, 4) is 0 Å². The van der Waals surface area contributed by atoms with Crippen LogP contribution in [0.5, 0.6) is 0 Å². The molecule has 0 saturated carbocycles. The number of rotatable bonds is 5. The molecule has 31 heavy (non-hydrogen) atoms. The number of aromatic nitrogens is 2. The zero-order valence-electron chi connectivity index (χ0n) is 18.4. The Morgan fingerprint density at radius 3 is 2.29 bits per heavy atom. The van der Waals surface area contributed by atoms with Crippen molar-refractivity contribution < 1.29 is 19.1 Å². The van der Waals surface area contributed by atoms with Crippen LogP contribution < -0.4 is 9.80 Å². The molecule has 0 spiro atoms. The van der Waals surface area contributed by atoms with Gasteiger partial charge in [-0.25, -0.2) is 0 Å². The summed E-state index contributed by atoms with van der Waals surface area (Å²) in [6.45, 7) is 8.16. The zero-order valence-corrected chi connectivity index (χ0v) is 18.4. The second-order valence-electron chi connectivity index (χ2n) is 8.49. The maximum Gasteiger partial charge on any atom is 0.309 e. The highest BCUT2D eigenvalue weighted by molar-refractivity contribution is 5.80. The number of hydrogen-bond donors (Lipinski definition) is 0. The van der Waals surface area contributed by atoms with Gasteiger partial charge in [-0.15, -0.1) is 10.2 Å². The van der Waals surface area contributed by atoms with Crippen LogP contribution in [0.25, 0.3) is 0 Å². The number of morpholine rings is 1. The van der Waals surface area contributed by atoms with Crippen LogP contribution in [0.15, 0.2) is 12.1 Å². The highest BCUT2D eigenvalue weighted by atomic mass is 16.5. The van der Waals surface area contributed by atoms with Crippen LogP contribution >= 0.6 is 0 Å². The molecular formula is C22H33N5O4. The first-order valence-electron chi connectivity index (χ1n) is 11.5. The molecule has 9 nitrogen and oxygen atoms in total. The van der Waals surface area contributed by atoms with Crippen LogP contribution in [0.1, 0.15) is 32.6 Å². The third-order valence-electron chi connectivity index (χ3n) is 6.49. The van der Waals surface area contributed by atoms with Crippen molar-refractivity contribution in [3.63, 3.8) is 0 Å². The number of carbonyl (C=O) groups excluding carboxylic acids is 2. The van der Waals surface area contributed by atoms with Crippen LogP contribution in [0, 0.1) is 11.8 Å². The Bertz CT molecular complexity index is 745. The standard InChI is InChI=1S/C22H33N5O4/c1-2-31-22(29)17-7-10-26(11-8-17)21(28)18-4-3-9-27(16-18)20-6-5-19(23-24-20)25-12-14-30-15-13-25/h5-6,17-18H,2-4,7-16H2,1H3. The van der Waals surface area contributed by atoms with E-state index in [0.717, 1.165) is 57.3 Å². The number of hydrogen-bond acceptors (Lipinski definition) is 8. The van der Waals surface area contributed by atoms with Crippen LogP contribution in [-0.2, 0) is 19.1 Å². The van der Waals surface area contributed by atoms with Crippen molar-refractivity contribution in [1.82, 2.24) is 15.1 Å². The van der Waals surface area contributed by atoms with Crippen molar-refractivity contribution in [1.29, 1.82) is 0 Å². The van der Waals surface area contributed by atoms with Crippen LogP contribution in [0.4, 0.5) is 11.6 Å². The molecule has 0 radical (unpaired) electrons. The minimum atomic E-state index is -0.127. The molecule has 170 valence electrons. The Kier molecular flexibility index (Phi) is 7.21. The SMILES string of the molecule is CCOC(=O)C1CCN(C(=O)C2CCCN(c3ccc(N4CCOCC4)nn3)C2)CC1. The minimum Gasteiger partial charge on any atom is -0.466 e. The molecule has 1 aromatic rings. The van der Waals surface area contributed by atoms with E-state index in [2.05, 4.69) is 20.0 Å². The predicted molar refractivity (Wildman–Crippen MR) is 116 cm³/mol. The van der Waals surface area contributed by atoms with Crippen molar-refractivity contribution in [3.05, 3.63) is 12.1 Å². The summed E-state index contributed by atoms with van der Waals surface area (Å²) in [4.78, 5) is 31.4. The molecule has 4 heterocycles. The van der Waals surface area contributed by atoms with Crippen molar-refractivity contribution >= 4 is 23.5 Å². The van der Waals surface area contributed by atoms with E-state index >= 15 is 0 Å². The summed E-state index contributed by atoms with van der Waals surface area (Å²) in [5.41, 5.74) is 0. The first-order chi connectivity index (χ1) is 15.2. The summed E-state index contributed by atoms with van der Waals surface area (Å²) in [5.74, 6) is 1.67. The second-order valence-corrected chi connectivity index (χ2v) is 8.49. The lowest BCUT2D eigenvalue weighted by Crippen LogP contribution is -2.48. The van der Waals surface area contributed by atoms with Crippen LogP contribution in [0.2, 0.25) is 0 Å². The lowest BCUT2D eigenvalue weighted by atomic mass is 9.93. The average Bonchev–Trinajstić information content (AvgIpc) is 2.84. The van der Waals surface area contributed by atoms with Gasteiger partial charge in [0.2, 0.25) is 5.91 Å². The lowest BCUT2D eigenvalue weighted by Gasteiger charge is -2.37. The molecule has 0 bridgehead atoms.